The van der Waals surface area contributed by atoms with E-state index in [9.17, 15) is 0 Å². The van der Waals surface area contributed by atoms with Crippen molar-refractivity contribution in [2.75, 3.05) is 5.70 Å². The lowest BCUT2D eigenvalue weighted by Crippen LogP contribution is -1.85. The molecule has 1 rings (SSSR count). The molecule has 1 heterocycles. The van der Waals surface area contributed by atoms with E-state index in [2.05, 4.69) is 11.9 Å². The molecule has 0 unspecified atom stereocenters. The molecule has 2 heteroatoms. The van der Waals surface area contributed by atoms with E-state index in [0.29, 0.717) is 6.42 Å². The molecule has 0 fully saturated rings. The van der Waals surface area contributed by atoms with Gasteiger partial charge in [0.25, 0.3) is 0 Å². The van der Waals surface area contributed by atoms with Crippen LogP contribution in [0, 0.1) is 0 Å². The number of pyridine rings is 1. The number of thioether (sulfide) groups is 1. The Kier molecular flexibility index (Phi) is 8.89. The van der Waals surface area contributed by atoms with Crippen molar-refractivity contribution < 1.29 is 2.74 Å². The zero-order valence-electron chi connectivity index (χ0n) is 14.2. The fraction of sp³-hybridized carbons (Fsp3) is 0.706. The van der Waals surface area contributed by atoms with Crippen molar-refractivity contribution in [1.29, 1.82) is 0 Å². The normalized spacial score (nSPS) is 13.1. The molecule has 19 heavy (non-hydrogen) atoms. The Morgan fingerprint density at radius 2 is 1.58 bits per heavy atom. The minimum atomic E-state index is -1.20. The number of hydrogen-bond donors (Lipinski definition) is 0. The van der Waals surface area contributed by atoms with Gasteiger partial charge in [0.05, 0.1) is 5.03 Å². The summed E-state index contributed by atoms with van der Waals surface area (Å²) < 4.78 is 16.1. The molecule has 0 saturated heterocycles. The quantitative estimate of drug-likeness (QED) is 0.339. The molecule has 0 amide bonds. The summed E-state index contributed by atoms with van der Waals surface area (Å²) >= 11 is 1.25. The highest BCUT2D eigenvalue weighted by Gasteiger charge is 1.95. The van der Waals surface area contributed by atoms with E-state index < -0.39 is 5.70 Å². The molecule has 0 aliphatic rings. The maximum Gasteiger partial charge on any atom is 0.0959 e. The molecule has 0 N–H and O–H groups in total. The highest BCUT2D eigenvalue weighted by Crippen LogP contribution is 2.17. The Morgan fingerprint density at radius 3 is 2.16 bits per heavy atom. The summed E-state index contributed by atoms with van der Waals surface area (Å²) in [5.74, 6) is 0. The summed E-state index contributed by atoms with van der Waals surface area (Å²) in [5.41, 5.74) is -1.20. The van der Waals surface area contributed by atoms with Crippen LogP contribution in [-0.4, -0.2) is 10.7 Å². The van der Waals surface area contributed by atoms with Crippen LogP contribution in [0.25, 0.3) is 0 Å². The lowest BCUT2D eigenvalue weighted by molar-refractivity contribution is 0.563. The molecule has 0 atom stereocenters. The third-order valence-corrected chi connectivity index (χ3v) is 4.00. The van der Waals surface area contributed by atoms with Crippen molar-refractivity contribution >= 4 is 11.8 Å². The van der Waals surface area contributed by atoms with Crippen molar-refractivity contribution in [2.24, 2.45) is 0 Å². The predicted octanol–water partition coefficient (Wildman–Crippen LogP) is 6.09. The van der Waals surface area contributed by atoms with Gasteiger partial charge in [0.2, 0.25) is 0 Å². The monoisotopic (exact) mass is 281 g/mol. The summed E-state index contributed by atoms with van der Waals surface area (Å²) in [7, 11) is 0. The van der Waals surface area contributed by atoms with Crippen LogP contribution in [0.5, 0.6) is 0 Å². The predicted molar refractivity (Wildman–Crippen MR) is 86.8 cm³/mol. The molecule has 1 nitrogen and oxygen atoms in total. The van der Waals surface area contributed by atoms with Gasteiger partial charge in [0.1, 0.15) is 0 Å². The smallest absolute Gasteiger partial charge is 0.0959 e. The van der Waals surface area contributed by atoms with Gasteiger partial charge in [-0.05, 0) is 24.3 Å². The Hall–Kier alpha value is -0.500. The van der Waals surface area contributed by atoms with Gasteiger partial charge in [-0.2, -0.15) is 0 Å². The van der Waals surface area contributed by atoms with Crippen molar-refractivity contribution in [3.8, 4) is 0 Å². The minimum Gasteiger partial charge on any atom is -0.250 e. The second kappa shape index (κ2) is 12.5. The van der Waals surface area contributed by atoms with Gasteiger partial charge >= 0.3 is 0 Å². The second-order valence-corrected chi connectivity index (χ2v) is 5.90. The number of nitrogens with zero attached hydrogens (tertiary/aromatic N) is 1. The molecular formula is C17H29NS. The van der Waals surface area contributed by atoms with Gasteiger partial charge in [0, 0.05) is 8.94 Å². The van der Waals surface area contributed by atoms with Crippen LogP contribution >= 0.6 is 11.8 Å². The molecule has 1 aromatic heterocycles. The maximum atomic E-state index is 8.05. The van der Waals surface area contributed by atoms with Crippen LogP contribution in [-0.2, 0) is 0 Å². The lowest BCUT2D eigenvalue weighted by Gasteiger charge is -2.02. The molecule has 108 valence electrons. The summed E-state index contributed by atoms with van der Waals surface area (Å²) in [6.07, 6.45) is 13.8. The van der Waals surface area contributed by atoms with Crippen molar-refractivity contribution in [1.82, 2.24) is 4.98 Å². The third-order valence-electron chi connectivity index (χ3n) is 3.20. The maximum absolute atomic E-state index is 8.05. The van der Waals surface area contributed by atoms with Gasteiger partial charge in [-0.15, -0.1) is 11.8 Å². The summed E-state index contributed by atoms with van der Waals surface area (Å²) in [6.45, 7) is 2.25. The van der Waals surface area contributed by atoms with Crippen LogP contribution < -0.4 is 0 Å². The molecule has 1 aromatic rings. The topological polar surface area (TPSA) is 12.9 Å². The zero-order chi connectivity index (χ0) is 15.4. The standard InChI is InChI=1S/C17H29NS/c1-2-3-4-5-6-7-8-9-10-13-16-19-17-14-11-12-15-18-17/h11-12,14-15H,2-10,13,16H2,1H3/i16D2. The Bertz CT molecular complexity index is 357. The Labute approximate surface area is 126 Å². The first kappa shape index (κ1) is 13.5. The number of aromatic nitrogens is 1. The van der Waals surface area contributed by atoms with Crippen LogP contribution in [0.1, 0.15) is 73.9 Å². The summed E-state index contributed by atoms with van der Waals surface area (Å²) in [6, 6.07) is 5.64. The fourth-order valence-corrected chi connectivity index (χ4v) is 2.69. The molecular weight excluding hydrogens is 250 g/mol. The first-order valence-corrected chi connectivity index (χ1v) is 8.56. The largest absolute Gasteiger partial charge is 0.250 e. The lowest BCUT2D eigenvalue weighted by atomic mass is 10.1. The third kappa shape index (κ3) is 10.0. The van der Waals surface area contributed by atoms with E-state index in [4.69, 9.17) is 2.74 Å². The van der Waals surface area contributed by atoms with E-state index in [-0.39, 0.29) is 0 Å². The number of rotatable bonds is 12. The van der Waals surface area contributed by atoms with Gasteiger partial charge in [-0.25, -0.2) is 4.98 Å². The van der Waals surface area contributed by atoms with E-state index in [1.807, 2.05) is 18.2 Å². The molecule has 0 aromatic carbocycles. The van der Waals surface area contributed by atoms with Gasteiger partial charge < -0.3 is 0 Å². The molecule has 0 spiro atoms. The van der Waals surface area contributed by atoms with Crippen LogP contribution in [0.15, 0.2) is 29.4 Å². The van der Waals surface area contributed by atoms with Crippen molar-refractivity contribution in [2.45, 2.75) is 76.2 Å². The number of unbranched alkanes of at least 4 members (excludes halogenated alkanes) is 8. The van der Waals surface area contributed by atoms with E-state index in [0.717, 1.165) is 17.9 Å². The fourth-order valence-electron chi connectivity index (χ4n) is 2.04. The van der Waals surface area contributed by atoms with Gasteiger partial charge in [0.15, 0.2) is 0 Å². The molecule has 0 aliphatic carbocycles. The van der Waals surface area contributed by atoms with Gasteiger partial charge in [-0.1, -0.05) is 70.8 Å². The van der Waals surface area contributed by atoms with Crippen molar-refractivity contribution in [3.63, 3.8) is 0 Å². The zero-order valence-corrected chi connectivity index (χ0v) is 13.1. The first-order chi connectivity index (χ1) is 10.1. The summed E-state index contributed by atoms with van der Waals surface area (Å²) in [4.78, 5) is 4.18. The minimum absolute atomic E-state index is 0.615. The van der Waals surface area contributed by atoms with Crippen molar-refractivity contribution in [3.05, 3.63) is 24.4 Å². The second-order valence-electron chi connectivity index (χ2n) is 4.99. The van der Waals surface area contributed by atoms with Gasteiger partial charge in [-0.3, -0.25) is 0 Å². The molecule has 0 aliphatic heterocycles. The summed E-state index contributed by atoms with van der Waals surface area (Å²) in [5, 5.41) is 0.776. The number of hydrogen-bond acceptors (Lipinski definition) is 2. The SMILES string of the molecule is [2H]C([2H])(CCCCCCCCCCC)Sc1ccccn1. The molecule has 0 saturated carbocycles. The Balaban J connectivity index is 2.03. The average Bonchev–Trinajstić information content (AvgIpc) is 2.46. The molecule has 0 bridgehead atoms. The first-order valence-electron chi connectivity index (χ1n) is 8.74. The van der Waals surface area contributed by atoms with Crippen LogP contribution in [0.3, 0.4) is 0 Å². The van der Waals surface area contributed by atoms with E-state index in [1.165, 1.54) is 56.7 Å². The highest BCUT2D eigenvalue weighted by molar-refractivity contribution is 7.99. The van der Waals surface area contributed by atoms with E-state index >= 15 is 0 Å². The van der Waals surface area contributed by atoms with Crippen LogP contribution in [0.4, 0.5) is 0 Å². The van der Waals surface area contributed by atoms with Crippen LogP contribution in [0.2, 0.25) is 0 Å². The highest BCUT2D eigenvalue weighted by atomic mass is 32.2. The average molecular weight is 282 g/mol. The Morgan fingerprint density at radius 1 is 0.947 bits per heavy atom. The van der Waals surface area contributed by atoms with E-state index in [1.54, 1.807) is 6.20 Å². The molecule has 0 radical (unpaired) electrons.